The van der Waals surface area contributed by atoms with Gasteiger partial charge in [-0.25, -0.2) is 0 Å². The molecule has 0 aliphatic carbocycles. The Balaban J connectivity index is 3.03. The maximum Gasteiger partial charge on any atom is 0.308 e. The van der Waals surface area contributed by atoms with Crippen molar-refractivity contribution in [2.24, 2.45) is 5.92 Å². The molecular formula is C12H11NO4. The number of nitriles is 1. The van der Waals surface area contributed by atoms with Crippen LogP contribution in [-0.4, -0.2) is 22.2 Å². The average Bonchev–Trinajstić information content (AvgIpc) is 2.29. The van der Waals surface area contributed by atoms with Gasteiger partial charge in [0.2, 0.25) is 0 Å². The van der Waals surface area contributed by atoms with Gasteiger partial charge in [-0.05, 0) is 5.56 Å². The van der Waals surface area contributed by atoms with E-state index in [1.165, 1.54) is 0 Å². The summed E-state index contributed by atoms with van der Waals surface area (Å²) in [5.74, 6) is -4.69. The van der Waals surface area contributed by atoms with E-state index < -0.39 is 30.2 Å². The van der Waals surface area contributed by atoms with Crippen LogP contribution in [0.15, 0.2) is 30.3 Å². The molecule has 0 radical (unpaired) electrons. The van der Waals surface area contributed by atoms with Gasteiger partial charge in [-0.3, -0.25) is 9.59 Å². The molecule has 0 aliphatic heterocycles. The number of carboxylic acid groups (broad SMARTS) is 2. The van der Waals surface area contributed by atoms with Crippen molar-refractivity contribution in [1.29, 1.82) is 5.26 Å². The van der Waals surface area contributed by atoms with Crippen LogP contribution in [0.25, 0.3) is 0 Å². The Morgan fingerprint density at radius 2 is 1.82 bits per heavy atom. The lowest BCUT2D eigenvalue weighted by molar-refractivity contribution is -0.148. The Bertz CT molecular complexity index is 449. The van der Waals surface area contributed by atoms with Crippen molar-refractivity contribution in [3.63, 3.8) is 0 Å². The van der Waals surface area contributed by atoms with Gasteiger partial charge in [0.15, 0.2) is 0 Å². The second-order valence-corrected chi connectivity index (χ2v) is 3.56. The number of nitrogens with zero attached hydrogens (tertiary/aromatic N) is 1. The fourth-order valence-electron chi connectivity index (χ4n) is 1.59. The third kappa shape index (κ3) is 3.31. The van der Waals surface area contributed by atoms with E-state index in [4.69, 9.17) is 15.5 Å². The van der Waals surface area contributed by atoms with Crippen molar-refractivity contribution < 1.29 is 19.8 Å². The van der Waals surface area contributed by atoms with E-state index in [2.05, 4.69) is 0 Å². The summed E-state index contributed by atoms with van der Waals surface area (Å²) in [6, 6.07) is 10.2. The molecule has 88 valence electrons. The van der Waals surface area contributed by atoms with Gasteiger partial charge in [-0.15, -0.1) is 0 Å². The lowest BCUT2D eigenvalue weighted by Gasteiger charge is -2.16. The minimum atomic E-state index is -1.28. The second-order valence-electron chi connectivity index (χ2n) is 3.56. The molecule has 1 rings (SSSR count). The number of carboxylic acids is 2. The van der Waals surface area contributed by atoms with Crippen LogP contribution in [0.3, 0.4) is 0 Å². The van der Waals surface area contributed by atoms with Gasteiger partial charge in [-0.1, -0.05) is 30.3 Å². The fourth-order valence-corrected chi connectivity index (χ4v) is 1.59. The zero-order valence-corrected chi connectivity index (χ0v) is 8.91. The summed E-state index contributed by atoms with van der Waals surface area (Å²) in [5.41, 5.74) is 0.517. The monoisotopic (exact) mass is 233 g/mol. The van der Waals surface area contributed by atoms with Gasteiger partial charge < -0.3 is 10.2 Å². The number of hydrogen-bond acceptors (Lipinski definition) is 3. The summed E-state index contributed by atoms with van der Waals surface area (Å²) in [6.45, 7) is 0. The van der Waals surface area contributed by atoms with Crippen LogP contribution in [0, 0.1) is 17.2 Å². The standard InChI is InChI=1S/C12H11NO4/c13-7-10(8-4-2-1-3-5-8)9(12(16)17)6-11(14)15/h1-5,9-10H,6H2,(H,14,15)(H,16,17). The average molecular weight is 233 g/mol. The first-order valence-corrected chi connectivity index (χ1v) is 4.95. The van der Waals surface area contributed by atoms with E-state index in [9.17, 15) is 9.59 Å². The van der Waals surface area contributed by atoms with Gasteiger partial charge >= 0.3 is 11.9 Å². The molecule has 5 nitrogen and oxygen atoms in total. The number of benzene rings is 1. The van der Waals surface area contributed by atoms with Crippen LogP contribution < -0.4 is 0 Å². The molecule has 0 saturated carbocycles. The number of carbonyl (C=O) groups is 2. The lowest BCUT2D eigenvalue weighted by atomic mass is 9.85. The smallest absolute Gasteiger partial charge is 0.308 e. The second kappa shape index (κ2) is 5.66. The van der Waals surface area contributed by atoms with Crippen molar-refractivity contribution in [3.05, 3.63) is 35.9 Å². The molecule has 0 bridgehead atoms. The minimum Gasteiger partial charge on any atom is -0.481 e. The third-order valence-electron chi connectivity index (χ3n) is 2.41. The van der Waals surface area contributed by atoms with E-state index in [1.807, 2.05) is 6.07 Å². The quantitative estimate of drug-likeness (QED) is 0.802. The summed E-state index contributed by atoms with van der Waals surface area (Å²) < 4.78 is 0. The van der Waals surface area contributed by atoms with E-state index in [0.717, 1.165) is 0 Å². The van der Waals surface area contributed by atoms with Gasteiger partial charge in [0.1, 0.15) is 0 Å². The highest BCUT2D eigenvalue weighted by molar-refractivity contribution is 5.79. The molecule has 0 fully saturated rings. The van der Waals surface area contributed by atoms with Crippen molar-refractivity contribution in [2.45, 2.75) is 12.3 Å². The van der Waals surface area contributed by atoms with Crippen LogP contribution in [0.5, 0.6) is 0 Å². The highest BCUT2D eigenvalue weighted by Gasteiger charge is 2.31. The fraction of sp³-hybridized carbons (Fsp3) is 0.250. The Morgan fingerprint density at radius 3 is 2.24 bits per heavy atom. The molecule has 1 aromatic carbocycles. The number of aliphatic carboxylic acids is 2. The van der Waals surface area contributed by atoms with Crippen molar-refractivity contribution >= 4 is 11.9 Å². The van der Waals surface area contributed by atoms with Gasteiger partial charge in [0, 0.05) is 0 Å². The molecule has 0 spiro atoms. The van der Waals surface area contributed by atoms with E-state index in [-0.39, 0.29) is 0 Å². The largest absolute Gasteiger partial charge is 0.481 e. The van der Waals surface area contributed by atoms with Crippen LogP contribution >= 0.6 is 0 Å². The molecule has 0 saturated heterocycles. The van der Waals surface area contributed by atoms with Crippen LogP contribution in [-0.2, 0) is 9.59 Å². The Hall–Kier alpha value is -2.35. The van der Waals surface area contributed by atoms with Crippen LogP contribution in [0.2, 0.25) is 0 Å². The molecule has 17 heavy (non-hydrogen) atoms. The highest BCUT2D eigenvalue weighted by atomic mass is 16.4. The number of rotatable bonds is 5. The Morgan fingerprint density at radius 1 is 1.24 bits per heavy atom. The first-order valence-electron chi connectivity index (χ1n) is 4.95. The maximum atomic E-state index is 11.0. The molecule has 2 N–H and O–H groups in total. The van der Waals surface area contributed by atoms with Gasteiger partial charge in [-0.2, -0.15) is 5.26 Å². The van der Waals surface area contributed by atoms with Crippen molar-refractivity contribution in [1.82, 2.24) is 0 Å². The molecule has 0 amide bonds. The van der Waals surface area contributed by atoms with Crippen LogP contribution in [0.4, 0.5) is 0 Å². The highest BCUT2D eigenvalue weighted by Crippen LogP contribution is 2.26. The first-order chi connectivity index (χ1) is 8.06. The predicted octanol–water partition coefficient (Wildman–Crippen LogP) is 1.47. The molecule has 2 atom stereocenters. The van der Waals surface area contributed by atoms with Gasteiger partial charge in [0.25, 0.3) is 0 Å². The van der Waals surface area contributed by atoms with Gasteiger partial charge in [0.05, 0.1) is 24.3 Å². The molecule has 5 heteroatoms. The molecule has 2 unspecified atom stereocenters. The van der Waals surface area contributed by atoms with Crippen LogP contribution in [0.1, 0.15) is 17.9 Å². The number of hydrogen-bond donors (Lipinski definition) is 2. The Labute approximate surface area is 97.9 Å². The molecular weight excluding hydrogens is 222 g/mol. The van der Waals surface area contributed by atoms with E-state index in [0.29, 0.717) is 5.56 Å². The maximum absolute atomic E-state index is 11.0. The molecule has 0 heterocycles. The predicted molar refractivity (Wildman–Crippen MR) is 58.2 cm³/mol. The normalized spacial score (nSPS) is 13.4. The van der Waals surface area contributed by atoms with Crippen molar-refractivity contribution in [2.75, 3.05) is 0 Å². The summed E-state index contributed by atoms with van der Waals surface area (Å²) in [5, 5.41) is 26.6. The summed E-state index contributed by atoms with van der Waals surface area (Å²) in [7, 11) is 0. The molecule has 1 aromatic rings. The zero-order chi connectivity index (χ0) is 12.8. The first kappa shape index (κ1) is 12.7. The summed E-state index contributed by atoms with van der Waals surface area (Å²) in [4.78, 5) is 21.6. The zero-order valence-electron chi connectivity index (χ0n) is 8.91. The third-order valence-corrected chi connectivity index (χ3v) is 2.41. The molecule has 0 aromatic heterocycles. The van der Waals surface area contributed by atoms with E-state index in [1.54, 1.807) is 30.3 Å². The molecule has 0 aliphatic rings. The SMILES string of the molecule is N#CC(c1ccccc1)C(CC(=O)O)C(=O)O. The van der Waals surface area contributed by atoms with E-state index >= 15 is 0 Å². The Kier molecular flexibility index (Phi) is 4.23. The van der Waals surface area contributed by atoms with Crippen molar-refractivity contribution in [3.8, 4) is 6.07 Å². The summed E-state index contributed by atoms with van der Waals surface area (Å²) >= 11 is 0. The minimum absolute atomic E-state index is 0.517. The lowest BCUT2D eigenvalue weighted by Crippen LogP contribution is -2.24. The topological polar surface area (TPSA) is 98.4 Å². The summed E-state index contributed by atoms with van der Waals surface area (Å²) in [6.07, 6.45) is -0.567.